The lowest BCUT2D eigenvalue weighted by Gasteiger charge is -2.36. The topological polar surface area (TPSA) is 6.48 Å². The molecule has 71 heavy (non-hydrogen) atoms. The molecule has 0 atom stereocenters. The third-order valence-corrected chi connectivity index (χ3v) is 15.0. The number of hydrogen-bond donors (Lipinski definition) is 0. The number of nitrogens with zero attached hydrogens (tertiary/aromatic N) is 2. The van der Waals surface area contributed by atoms with Crippen molar-refractivity contribution in [3.05, 3.63) is 276 Å². The summed E-state index contributed by atoms with van der Waals surface area (Å²) < 4.78 is 0. The highest BCUT2D eigenvalue weighted by Gasteiger charge is 2.49. The average Bonchev–Trinajstić information content (AvgIpc) is 3.72. The lowest BCUT2D eigenvalue weighted by molar-refractivity contribution is 0.590. The molecule has 0 heterocycles. The summed E-state index contributed by atoms with van der Waals surface area (Å²) in [6, 6.07) is 90.7. The molecule has 0 saturated heterocycles. The Kier molecular flexibility index (Phi) is 10.6. The predicted octanol–water partition coefficient (Wildman–Crippen LogP) is 19.0. The van der Waals surface area contributed by atoms with Crippen molar-refractivity contribution in [2.45, 2.75) is 57.8 Å². The van der Waals surface area contributed by atoms with Crippen LogP contribution in [0.1, 0.15) is 74.9 Å². The van der Waals surface area contributed by atoms with Crippen LogP contribution in [0.25, 0.3) is 43.4 Å². The summed E-state index contributed by atoms with van der Waals surface area (Å²) in [5.41, 5.74) is 16.5. The van der Waals surface area contributed by atoms with E-state index in [4.69, 9.17) is 0 Å². The minimum absolute atomic E-state index is 0.0506. The van der Waals surface area contributed by atoms with E-state index in [-0.39, 0.29) is 10.8 Å². The monoisotopic (exact) mass is 914 g/mol. The Morgan fingerprint density at radius 2 is 0.704 bits per heavy atom. The van der Waals surface area contributed by atoms with Gasteiger partial charge >= 0.3 is 0 Å². The van der Waals surface area contributed by atoms with Crippen molar-refractivity contribution in [3.63, 3.8) is 0 Å². The van der Waals surface area contributed by atoms with Gasteiger partial charge in [0.1, 0.15) is 0 Å². The van der Waals surface area contributed by atoms with Crippen LogP contribution in [0.5, 0.6) is 0 Å². The fourth-order valence-electron chi connectivity index (χ4n) is 11.6. The Bertz CT molecular complexity index is 3690. The fourth-order valence-corrected chi connectivity index (χ4v) is 11.6. The molecule has 344 valence electrons. The molecule has 0 N–H and O–H groups in total. The van der Waals surface area contributed by atoms with Crippen LogP contribution in [-0.2, 0) is 16.2 Å². The van der Waals surface area contributed by atoms with Gasteiger partial charge in [-0.15, -0.1) is 0 Å². The normalized spacial score (nSPS) is 13.0. The Morgan fingerprint density at radius 3 is 1.20 bits per heavy atom. The number of fused-ring (bicyclic) bond motifs is 10. The quantitative estimate of drug-likeness (QED) is 0.140. The zero-order valence-electron chi connectivity index (χ0n) is 41.5. The molecule has 2 nitrogen and oxygen atoms in total. The largest absolute Gasteiger partial charge is 0.310 e. The molecule has 0 bridgehead atoms. The minimum atomic E-state index is -0.665. The van der Waals surface area contributed by atoms with E-state index >= 15 is 0 Å². The molecule has 0 saturated carbocycles. The molecule has 0 radical (unpaired) electrons. The van der Waals surface area contributed by atoms with Crippen LogP contribution in [0.2, 0.25) is 0 Å². The first-order valence-corrected chi connectivity index (χ1v) is 25.1. The van der Waals surface area contributed by atoms with E-state index in [2.05, 4.69) is 294 Å². The van der Waals surface area contributed by atoms with Gasteiger partial charge in [-0.3, -0.25) is 0 Å². The molecule has 11 aromatic carbocycles. The van der Waals surface area contributed by atoms with Gasteiger partial charge in [0.25, 0.3) is 0 Å². The molecular weight excluding hydrogens is 857 g/mol. The van der Waals surface area contributed by atoms with Crippen molar-refractivity contribution < 1.29 is 0 Å². The molecule has 0 fully saturated rings. The summed E-state index contributed by atoms with van der Waals surface area (Å²) in [7, 11) is 0. The molecule has 0 unspecified atom stereocenters. The first-order chi connectivity index (χ1) is 34.5. The summed E-state index contributed by atoms with van der Waals surface area (Å²) >= 11 is 0. The Morgan fingerprint density at radius 1 is 0.296 bits per heavy atom. The van der Waals surface area contributed by atoms with Crippen LogP contribution in [0.15, 0.2) is 243 Å². The van der Waals surface area contributed by atoms with Crippen LogP contribution >= 0.6 is 0 Å². The second-order valence-electron chi connectivity index (χ2n) is 21.3. The van der Waals surface area contributed by atoms with E-state index < -0.39 is 5.41 Å². The maximum Gasteiger partial charge on any atom is 0.0725 e. The molecule has 12 rings (SSSR count). The summed E-state index contributed by atoms with van der Waals surface area (Å²) in [6.07, 6.45) is 0. The maximum absolute atomic E-state index is 2.45. The molecule has 11 aromatic rings. The van der Waals surface area contributed by atoms with E-state index in [1.807, 2.05) is 0 Å². The lowest BCUT2D eigenvalue weighted by atomic mass is 9.65. The van der Waals surface area contributed by atoms with E-state index in [1.165, 1.54) is 76.8 Å². The highest BCUT2D eigenvalue weighted by Crippen LogP contribution is 2.62. The highest BCUT2D eigenvalue weighted by molar-refractivity contribution is 6.21. The Balaban J connectivity index is 1.13. The first-order valence-electron chi connectivity index (χ1n) is 25.1. The molecule has 1 aliphatic carbocycles. The molecular formula is C69H58N2. The minimum Gasteiger partial charge on any atom is -0.310 e. The van der Waals surface area contributed by atoms with Gasteiger partial charge in [0, 0.05) is 34.1 Å². The highest BCUT2D eigenvalue weighted by atomic mass is 15.1. The number of para-hydroxylation sites is 2. The van der Waals surface area contributed by atoms with Crippen molar-refractivity contribution in [1.82, 2.24) is 0 Å². The first kappa shape index (κ1) is 44.0. The van der Waals surface area contributed by atoms with Crippen molar-refractivity contribution in [2.24, 2.45) is 0 Å². The summed E-state index contributed by atoms with van der Waals surface area (Å²) in [5, 5.41) is 7.43. The van der Waals surface area contributed by atoms with Crippen LogP contribution in [0.4, 0.5) is 34.1 Å². The number of benzene rings is 11. The van der Waals surface area contributed by atoms with E-state index in [9.17, 15) is 0 Å². The van der Waals surface area contributed by atoms with Crippen molar-refractivity contribution >= 4 is 66.4 Å². The van der Waals surface area contributed by atoms with Crippen LogP contribution in [-0.4, -0.2) is 0 Å². The molecule has 0 amide bonds. The predicted molar refractivity (Wildman–Crippen MR) is 303 cm³/mol. The van der Waals surface area contributed by atoms with E-state index in [1.54, 1.807) is 0 Å². The zero-order chi connectivity index (χ0) is 48.5. The van der Waals surface area contributed by atoms with Gasteiger partial charge in [0.15, 0.2) is 0 Å². The van der Waals surface area contributed by atoms with Crippen LogP contribution < -0.4 is 9.80 Å². The van der Waals surface area contributed by atoms with Crippen molar-refractivity contribution in [1.29, 1.82) is 0 Å². The SMILES string of the molecule is CC(C)(C)c1ccc(N(c2ccccc2)c2ccc3c4c(ccc3c2)-c2c(c3ccc(N(c5ccccc5)c5ccc(C(C)(C)C)cc5)cc3c3ccccc23)C4(c2ccccc2)c2ccccc2)cc1. The third-order valence-electron chi connectivity index (χ3n) is 15.0. The number of rotatable bonds is 8. The summed E-state index contributed by atoms with van der Waals surface area (Å²) in [6.45, 7) is 13.7. The number of hydrogen-bond acceptors (Lipinski definition) is 2. The van der Waals surface area contributed by atoms with Crippen molar-refractivity contribution in [2.75, 3.05) is 9.80 Å². The standard InChI is InChI=1S/C69H58N2/c1-67(2,3)48-32-36-54(37-33-48)70(52-25-15-9-16-26-52)56-40-43-58-47(45-56)31-42-62-64-60-30-20-19-29-59(60)63-46-57(71(53-27-17-10-18-28-53)55-38-34-49(35-39-55)68(4,5)6)41-44-61(63)66(64)69(65(58)62,50-21-11-7-12-22-50)51-23-13-8-14-24-51/h7-46H,1-6H3. The maximum atomic E-state index is 2.45. The molecule has 0 aliphatic heterocycles. The molecule has 0 spiro atoms. The second kappa shape index (κ2) is 17.0. The lowest BCUT2D eigenvalue weighted by Crippen LogP contribution is -2.29. The summed E-state index contributed by atoms with van der Waals surface area (Å²) in [5.74, 6) is 0. The van der Waals surface area contributed by atoms with Gasteiger partial charge in [-0.25, -0.2) is 0 Å². The van der Waals surface area contributed by atoms with Gasteiger partial charge in [-0.05, 0) is 160 Å². The smallest absolute Gasteiger partial charge is 0.0725 e. The zero-order valence-corrected chi connectivity index (χ0v) is 41.5. The molecule has 1 aliphatic rings. The van der Waals surface area contributed by atoms with Gasteiger partial charge in [-0.2, -0.15) is 0 Å². The van der Waals surface area contributed by atoms with Crippen LogP contribution in [0.3, 0.4) is 0 Å². The third kappa shape index (κ3) is 7.32. The van der Waals surface area contributed by atoms with Crippen molar-refractivity contribution in [3.8, 4) is 11.1 Å². The fraction of sp³-hybridized carbons (Fsp3) is 0.130. The van der Waals surface area contributed by atoms with E-state index in [0.29, 0.717) is 0 Å². The van der Waals surface area contributed by atoms with Crippen LogP contribution in [0, 0.1) is 0 Å². The second-order valence-corrected chi connectivity index (χ2v) is 21.3. The van der Waals surface area contributed by atoms with Gasteiger partial charge in [0.05, 0.1) is 5.41 Å². The number of anilines is 6. The van der Waals surface area contributed by atoms with Gasteiger partial charge in [-0.1, -0.05) is 211 Å². The van der Waals surface area contributed by atoms with E-state index in [0.717, 1.165) is 34.1 Å². The van der Waals surface area contributed by atoms with Gasteiger partial charge < -0.3 is 9.80 Å². The average molecular weight is 915 g/mol. The Labute approximate surface area is 419 Å². The summed E-state index contributed by atoms with van der Waals surface area (Å²) in [4.78, 5) is 4.80. The molecule has 0 aromatic heterocycles. The molecule has 2 heteroatoms. The Hall–Kier alpha value is -8.20. The van der Waals surface area contributed by atoms with Gasteiger partial charge in [0.2, 0.25) is 0 Å².